The van der Waals surface area contributed by atoms with Crippen LogP contribution in [0.2, 0.25) is 0 Å². The number of hydrogen-bond acceptors (Lipinski definition) is 3. The number of oxime groups is 1. The zero-order valence-corrected chi connectivity index (χ0v) is 9.28. The van der Waals surface area contributed by atoms with Gasteiger partial charge in [0.2, 0.25) is 0 Å². The SMILES string of the molecule is O/N=C(\COc1ccccc1)c1ccccc1. The van der Waals surface area contributed by atoms with E-state index in [1.807, 2.05) is 60.7 Å². The van der Waals surface area contributed by atoms with Crippen molar-refractivity contribution in [1.29, 1.82) is 0 Å². The third kappa shape index (κ3) is 3.08. The van der Waals surface area contributed by atoms with Crippen LogP contribution in [0, 0.1) is 0 Å². The van der Waals surface area contributed by atoms with Gasteiger partial charge in [-0.15, -0.1) is 0 Å². The van der Waals surface area contributed by atoms with E-state index in [9.17, 15) is 0 Å². The Hall–Kier alpha value is -2.29. The molecule has 86 valence electrons. The van der Waals surface area contributed by atoms with Crippen molar-refractivity contribution >= 4 is 5.71 Å². The molecule has 2 aromatic carbocycles. The highest BCUT2D eigenvalue weighted by Gasteiger charge is 2.04. The molecule has 0 fully saturated rings. The van der Waals surface area contributed by atoms with Gasteiger partial charge in [0.1, 0.15) is 18.1 Å². The fraction of sp³-hybridized carbons (Fsp3) is 0.0714. The summed E-state index contributed by atoms with van der Waals surface area (Å²) in [5, 5.41) is 12.2. The third-order valence-corrected chi connectivity index (χ3v) is 2.35. The van der Waals surface area contributed by atoms with E-state index in [1.54, 1.807) is 0 Å². The average Bonchev–Trinajstić information content (AvgIpc) is 2.42. The van der Waals surface area contributed by atoms with Gasteiger partial charge in [0.05, 0.1) is 0 Å². The van der Waals surface area contributed by atoms with Crippen LogP contribution in [0.5, 0.6) is 5.75 Å². The minimum atomic E-state index is 0.241. The minimum Gasteiger partial charge on any atom is -0.487 e. The van der Waals surface area contributed by atoms with Gasteiger partial charge < -0.3 is 9.94 Å². The van der Waals surface area contributed by atoms with E-state index in [2.05, 4.69) is 5.16 Å². The lowest BCUT2D eigenvalue weighted by atomic mass is 10.1. The first-order chi connectivity index (χ1) is 8.40. The molecule has 0 aliphatic heterocycles. The Morgan fingerprint density at radius 3 is 2.12 bits per heavy atom. The number of rotatable bonds is 4. The quantitative estimate of drug-likeness (QED) is 0.495. The highest BCUT2D eigenvalue weighted by molar-refractivity contribution is 6.01. The molecule has 0 amide bonds. The second-order valence-corrected chi connectivity index (χ2v) is 3.51. The van der Waals surface area contributed by atoms with Gasteiger partial charge in [0.15, 0.2) is 0 Å². The van der Waals surface area contributed by atoms with Crippen LogP contribution in [-0.4, -0.2) is 17.5 Å². The predicted octanol–water partition coefficient (Wildman–Crippen LogP) is 2.94. The fourth-order valence-electron chi connectivity index (χ4n) is 1.47. The van der Waals surface area contributed by atoms with Crippen molar-refractivity contribution in [1.82, 2.24) is 0 Å². The van der Waals surface area contributed by atoms with Crippen LogP contribution in [0.1, 0.15) is 5.56 Å². The molecular formula is C14H13NO2. The molecule has 3 heteroatoms. The highest BCUT2D eigenvalue weighted by atomic mass is 16.5. The lowest BCUT2D eigenvalue weighted by Crippen LogP contribution is -2.12. The van der Waals surface area contributed by atoms with Crippen LogP contribution in [0.15, 0.2) is 65.8 Å². The molecule has 1 N–H and O–H groups in total. The number of benzene rings is 2. The van der Waals surface area contributed by atoms with Gasteiger partial charge in [0.25, 0.3) is 0 Å². The van der Waals surface area contributed by atoms with Crippen molar-refractivity contribution in [3.63, 3.8) is 0 Å². The first-order valence-electron chi connectivity index (χ1n) is 5.34. The molecule has 3 nitrogen and oxygen atoms in total. The van der Waals surface area contributed by atoms with Crippen LogP contribution in [0.4, 0.5) is 0 Å². The summed E-state index contributed by atoms with van der Waals surface area (Å²) in [6, 6.07) is 18.9. The monoisotopic (exact) mass is 227 g/mol. The summed E-state index contributed by atoms with van der Waals surface area (Å²) in [6.45, 7) is 0.241. The maximum atomic E-state index is 8.97. The van der Waals surface area contributed by atoms with Gasteiger partial charge in [-0.1, -0.05) is 53.7 Å². The van der Waals surface area contributed by atoms with Gasteiger partial charge in [-0.25, -0.2) is 0 Å². The molecule has 0 aliphatic rings. The molecule has 0 unspecified atom stereocenters. The Morgan fingerprint density at radius 2 is 1.53 bits per heavy atom. The van der Waals surface area contributed by atoms with E-state index in [-0.39, 0.29) is 6.61 Å². The summed E-state index contributed by atoms with van der Waals surface area (Å²) in [5.74, 6) is 0.754. The summed E-state index contributed by atoms with van der Waals surface area (Å²) < 4.78 is 5.52. The Bertz CT molecular complexity index is 480. The second-order valence-electron chi connectivity index (χ2n) is 3.51. The Morgan fingerprint density at radius 1 is 0.941 bits per heavy atom. The number of hydrogen-bond donors (Lipinski definition) is 1. The van der Waals surface area contributed by atoms with Crippen LogP contribution in [-0.2, 0) is 0 Å². The summed E-state index contributed by atoms with van der Waals surface area (Å²) in [4.78, 5) is 0. The van der Waals surface area contributed by atoms with Gasteiger partial charge in [-0.3, -0.25) is 0 Å². The molecule has 2 rings (SSSR count). The Balaban J connectivity index is 2.03. The van der Waals surface area contributed by atoms with Crippen molar-refractivity contribution in [2.24, 2.45) is 5.16 Å². The standard InChI is InChI=1S/C14H13NO2/c16-15-14(12-7-3-1-4-8-12)11-17-13-9-5-2-6-10-13/h1-10,16H,11H2/b15-14+. The maximum absolute atomic E-state index is 8.97. The van der Waals surface area contributed by atoms with Crippen LogP contribution < -0.4 is 4.74 Å². The predicted molar refractivity (Wildman–Crippen MR) is 66.7 cm³/mol. The largest absolute Gasteiger partial charge is 0.487 e. The molecular weight excluding hydrogens is 214 g/mol. The molecule has 0 saturated heterocycles. The molecule has 17 heavy (non-hydrogen) atoms. The molecule has 0 radical (unpaired) electrons. The molecule has 0 aliphatic carbocycles. The van der Waals surface area contributed by atoms with E-state index < -0.39 is 0 Å². The van der Waals surface area contributed by atoms with Gasteiger partial charge in [-0.05, 0) is 12.1 Å². The molecule has 0 spiro atoms. The van der Waals surface area contributed by atoms with Crippen molar-refractivity contribution in [2.75, 3.05) is 6.61 Å². The lowest BCUT2D eigenvalue weighted by Gasteiger charge is -2.07. The van der Waals surface area contributed by atoms with Crippen LogP contribution >= 0.6 is 0 Å². The normalized spacial score (nSPS) is 11.2. The first-order valence-corrected chi connectivity index (χ1v) is 5.34. The van der Waals surface area contributed by atoms with Crippen molar-refractivity contribution in [3.8, 4) is 5.75 Å². The summed E-state index contributed by atoms with van der Waals surface area (Å²) in [6.07, 6.45) is 0. The summed E-state index contributed by atoms with van der Waals surface area (Å²) >= 11 is 0. The molecule has 0 bridgehead atoms. The van der Waals surface area contributed by atoms with Crippen LogP contribution in [0.25, 0.3) is 0 Å². The molecule has 2 aromatic rings. The first kappa shape index (κ1) is 11.2. The van der Waals surface area contributed by atoms with Crippen molar-refractivity contribution in [2.45, 2.75) is 0 Å². The highest BCUT2D eigenvalue weighted by Crippen LogP contribution is 2.09. The number of para-hydroxylation sites is 1. The van der Waals surface area contributed by atoms with E-state index in [4.69, 9.17) is 9.94 Å². The van der Waals surface area contributed by atoms with E-state index >= 15 is 0 Å². The van der Waals surface area contributed by atoms with Crippen molar-refractivity contribution < 1.29 is 9.94 Å². The van der Waals surface area contributed by atoms with E-state index in [0.29, 0.717) is 5.71 Å². The molecule has 0 atom stereocenters. The zero-order valence-electron chi connectivity index (χ0n) is 9.28. The van der Waals surface area contributed by atoms with Gasteiger partial charge in [-0.2, -0.15) is 0 Å². The van der Waals surface area contributed by atoms with E-state index in [1.165, 1.54) is 0 Å². The van der Waals surface area contributed by atoms with Crippen LogP contribution in [0.3, 0.4) is 0 Å². The maximum Gasteiger partial charge on any atom is 0.134 e. The molecule has 0 saturated carbocycles. The number of ether oxygens (including phenoxy) is 1. The zero-order chi connectivity index (χ0) is 11.9. The lowest BCUT2D eigenvalue weighted by molar-refractivity contribution is 0.308. The Kier molecular flexibility index (Phi) is 3.76. The second kappa shape index (κ2) is 5.70. The Labute approximate surface area is 100.0 Å². The smallest absolute Gasteiger partial charge is 0.134 e. The van der Waals surface area contributed by atoms with Crippen molar-refractivity contribution in [3.05, 3.63) is 66.2 Å². The summed E-state index contributed by atoms with van der Waals surface area (Å²) in [7, 11) is 0. The molecule has 0 heterocycles. The van der Waals surface area contributed by atoms with E-state index in [0.717, 1.165) is 11.3 Å². The number of nitrogens with zero attached hydrogens (tertiary/aromatic N) is 1. The average molecular weight is 227 g/mol. The molecule has 0 aromatic heterocycles. The minimum absolute atomic E-state index is 0.241. The third-order valence-electron chi connectivity index (χ3n) is 2.35. The topological polar surface area (TPSA) is 41.8 Å². The van der Waals surface area contributed by atoms with Gasteiger partial charge >= 0.3 is 0 Å². The fourth-order valence-corrected chi connectivity index (χ4v) is 1.47. The van der Waals surface area contributed by atoms with Gasteiger partial charge in [0, 0.05) is 5.56 Å². The summed E-state index contributed by atoms with van der Waals surface area (Å²) in [5.41, 5.74) is 1.36.